The van der Waals surface area contributed by atoms with Crippen LogP contribution in [-0.4, -0.2) is 66.3 Å². The van der Waals surface area contributed by atoms with Gasteiger partial charge in [0.05, 0.1) is 18.5 Å². The van der Waals surface area contributed by atoms with Gasteiger partial charge in [-0.1, -0.05) is 0 Å². The van der Waals surface area contributed by atoms with E-state index in [1.165, 1.54) is 10.6 Å². The van der Waals surface area contributed by atoms with Crippen LogP contribution in [0.5, 0.6) is 0 Å². The molecule has 9 heteroatoms. The number of urea groups is 1. The van der Waals surface area contributed by atoms with Crippen LogP contribution in [0.2, 0.25) is 0 Å². The average molecular weight is 315 g/mol. The van der Waals surface area contributed by atoms with Gasteiger partial charge in [0.1, 0.15) is 0 Å². The Morgan fingerprint density at radius 1 is 1.38 bits per heavy atom. The molecule has 0 saturated carbocycles. The van der Waals surface area contributed by atoms with Crippen LogP contribution in [0.25, 0.3) is 0 Å². The fourth-order valence-corrected chi connectivity index (χ4v) is 3.16. The smallest absolute Gasteiger partial charge is 0.317 e. The number of nitrogens with one attached hydrogen (secondary N) is 2. The van der Waals surface area contributed by atoms with Gasteiger partial charge in [0.15, 0.2) is 0 Å². The predicted molar refractivity (Wildman–Crippen MR) is 78.1 cm³/mol. The highest BCUT2D eigenvalue weighted by molar-refractivity contribution is 7.88. The number of aromatic amines is 1. The van der Waals surface area contributed by atoms with Crippen molar-refractivity contribution in [1.29, 1.82) is 0 Å². The molecule has 1 unspecified atom stereocenters. The fraction of sp³-hybridized carbons (Fsp3) is 0.667. The molecule has 2 heterocycles. The Hall–Kier alpha value is -1.61. The minimum absolute atomic E-state index is 0.148. The standard InChI is InChI=1S/C12H21N5O3S/c1-10(11-8-13-14-9-11)15-12(18)16-4-3-5-17(7-6-16)21(2,19)20/h8-10H,3-7H2,1-2H3,(H,13,14)(H,15,18). The fourth-order valence-electron chi connectivity index (χ4n) is 2.29. The zero-order valence-electron chi connectivity index (χ0n) is 12.2. The number of rotatable bonds is 3. The SMILES string of the molecule is CC(NC(=O)N1CCCN(S(C)(=O)=O)CC1)c1cn[nH]c1. The van der Waals surface area contributed by atoms with Crippen LogP contribution in [0.15, 0.2) is 12.4 Å². The number of carbonyl (C=O) groups is 1. The molecule has 0 radical (unpaired) electrons. The van der Waals surface area contributed by atoms with Gasteiger partial charge in [-0.25, -0.2) is 17.5 Å². The van der Waals surface area contributed by atoms with Crippen molar-refractivity contribution in [1.82, 2.24) is 24.7 Å². The van der Waals surface area contributed by atoms with Crippen molar-refractivity contribution in [3.63, 3.8) is 0 Å². The third kappa shape index (κ3) is 4.18. The second-order valence-electron chi connectivity index (χ2n) is 5.21. The van der Waals surface area contributed by atoms with Gasteiger partial charge >= 0.3 is 6.03 Å². The molecule has 1 aliphatic rings. The highest BCUT2D eigenvalue weighted by atomic mass is 32.2. The van der Waals surface area contributed by atoms with Crippen LogP contribution in [0.1, 0.15) is 24.9 Å². The van der Waals surface area contributed by atoms with Gasteiger partial charge in [-0.3, -0.25) is 5.10 Å². The average Bonchev–Trinajstić information content (AvgIpc) is 2.81. The van der Waals surface area contributed by atoms with E-state index in [9.17, 15) is 13.2 Å². The monoisotopic (exact) mass is 315 g/mol. The highest BCUT2D eigenvalue weighted by Gasteiger charge is 2.24. The quantitative estimate of drug-likeness (QED) is 0.829. The largest absolute Gasteiger partial charge is 0.331 e. The first kappa shape index (κ1) is 15.8. The van der Waals surface area contributed by atoms with Crippen molar-refractivity contribution in [2.24, 2.45) is 0 Å². The first-order valence-corrected chi connectivity index (χ1v) is 8.72. The molecule has 2 N–H and O–H groups in total. The van der Waals surface area contributed by atoms with Crippen LogP contribution in [0, 0.1) is 0 Å². The summed E-state index contributed by atoms with van der Waals surface area (Å²) in [5.74, 6) is 0. The Balaban J connectivity index is 1.91. The summed E-state index contributed by atoms with van der Waals surface area (Å²) in [6.07, 6.45) is 5.24. The molecule has 1 saturated heterocycles. The first-order valence-electron chi connectivity index (χ1n) is 6.87. The van der Waals surface area contributed by atoms with Crippen LogP contribution >= 0.6 is 0 Å². The molecule has 1 aromatic heterocycles. The van der Waals surface area contributed by atoms with E-state index in [2.05, 4.69) is 15.5 Å². The number of sulfonamides is 1. The Morgan fingerprint density at radius 3 is 2.76 bits per heavy atom. The number of amides is 2. The molecule has 1 fully saturated rings. The van der Waals surface area contributed by atoms with E-state index in [4.69, 9.17) is 0 Å². The van der Waals surface area contributed by atoms with Gasteiger partial charge in [-0.15, -0.1) is 0 Å². The summed E-state index contributed by atoms with van der Waals surface area (Å²) >= 11 is 0. The highest BCUT2D eigenvalue weighted by Crippen LogP contribution is 2.11. The van der Waals surface area contributed by atoms with Gasteiger partial charge in [0, 0.05) is 37.9 Å². The van der Waals surface area contributed by atoms with E-state index >= 15 is 0 Å². The van der Waals surface area contributed by atoms with Crippen LogP contribution in [0.3, 0.4) is 0 Å². The van der Waals surface area contributed by atoms with Crippen molar-refractivity contribution in [3.8, 4) is 0 Å². The molecule has 0 aromatic carbocycles. The normalized spacial score (nSPS) is 19.0. The molecule has 0 spiro atoms. The first-order chi connectivity index (χ1) is 9.88. The van der Waals surface area contributed by atoms with Gasteiger partial charge in [0.25, 0.3) is 0 Å². The third-order valence-corrected chi connectivity index (χ3v) is 4.87. The lowest BCUT2D eigenvalue weighted by Crippen LogP contribution is -2.43. The summed E-state index contributed by atoms with van der Waals surface area (Å²) in [5, 5.41) is 9.45. The maximum Gasteiger partial charge on any atom is 0.317 e. The number of H-pyrrole nitrogens is 1. The molecule has 2 amide bonds. The van der Waals surface area contributed by atoms with Gasteiger partial charge in [0.2, 0.25) is 10.0 Å². The van der Waals surface area contributed by atoms with E-state index < -0.39 is 10.0 Å². The van der Waals surface area contributed by atoms with E-state index in [0.717, 1.165) is 5.56 Å². The van der Waals surface area contributed by atoms with E-state index in [0.29, 0.717) is 32.6 Å². The predicted octanol–water partition coefficient (Wildman–Crippen LogP) is 0.148. The van der Waals surface area contributed by atoms with E-state index in [1.807, 2.05) is 6.92 Å². The number of hydrogen-bond acceptors (Lipinski definition) is 4. The Kier molecular flexibility index (Phi) is 4.84. The minimum Gasteiger partial charge on any atom is -0.331 e. The molecule has 1 aromatic rings. The summed E-state index contributed by atoms with van der Waals surface area (Å²) < 4.78 is 24.5. The lowest BCUT2D eigenvalue weighted by Gasteiger charge is -2.23. The van der Waals surface area contributed by atoms with Crippen molar-refractivity contribution in [2.75, 3.05) is 32.4 Å². The van der Waals surface area contributed by atoms with Gasteiger partial charge in [-0.05, 0) is 13.3 Å². The molecule has 8 nitrogen and oxygen atoms in total. The van der Waals surface area contributed by atoms with Crippen LogP contribution in [0.4, 0.5) is 4.79 Å². The maximum atomic E-state index is 12.2. The molecule has 0 bridgehead atoms. The summed E-state index contributed by atoms with van der Waals surface area (Å²) in [7, 11) is -3.19. The summed E-state index contributed by atoms with van der Waals surface area (Å²) in [6, 6.07) is -0.329. The second kappa shape index (κ2) is 6.44. The van der Waals surface area contributed by atoms with E-state index in [-0.39, 0.29) is 12.1 Å². The molecule has 1 atom stereocenters. The molecular weight excluding hydrogens is 294 g/mol. The summed E-state index contributed by atoms with van der Waals surface area (Å²) in [6.45, 7) is 3.63. The Labute approximate surface area is 124 Å². The van der Waals surface area contributed by atoms with E-state index in [1.54, 1.807) is 17.3 Å². The van der Waals surface area contributed by atoms with Crippen molar-refractivity contribution in [2.45, 2.75) is 19.4 Å². The molecule has 118 valence electrons. The molecule has 1 aliphatic heterocycles. The molecule has 2 rings (SSSR count). The Morgan fingerprint density at radius 2 is 2.14 bits per heavy atom. The summed E-state index contributed by atoms with van der Waals surface area (Å²) in [4.78, 5) is 13.9. The number of nitrogens with zero attached hydrogens (tertiary/aromatic N) is 3. The van der Waals surface area contributed by atoms with Crippen LogP contribution in [-0.2, 0) is 10.0 Å². The number of aromatic nitrogens is 2. The van der Waals surface area contributed by atoms with Gasteiger partial charge < -0.3 is 10.2 Å². The topological polar surface area (TPSA) is 98.4 Å². The zero-order valence-corrected chi connectivity index (χ0v) is 13.1. The lowest BCUT2D eigenvalue weighted by molar-refractivity contribution is 0.197. The molecular formula is C12H21N5O3S. The zero-order chi connectivity index (χ0) is 15.5. The minimum atomic E-state index is -3.19. The second-order valence-corrected chi connectivity index (χ2v) is 7.19. The number of carbonyl (C=O) groups excluding carboxylic acids is 1. The van der Waals surface area contributed by atoms with Gasteiger partial charge in [-0.2, -0.15) is 5.10 Å². The summed E-state index contributed by atoms with van der Waals surface area (Å²) in [5.41, 5.74) is 0.899. The van der Waals surface area contributed by atoms with Crippen molar-refractivity contribution in [3.05, 3.63) is 18.0 Å². The van der Waals surface area contributed by atoms with Crippen molar-refractivity contribution >= 4 is 16.1 Å². The third-order valence-electron chi connectivity index (χ3n) is 3.57. The van der Waals surface area contributed by atoms with Crippen molar-refractivity contribution < 1.29 is 13.2 Å². The Bertz CT molecular complexity index is 572. The molecule has 21 heavy (non-hydrogen) atoms. The lowest BCUT2D eigenvalue weighted by atomic mass is 10.2. The van der Waals surface area contributed by atoms with Crippen LogP contribution < -0.4 is 5.32 Å². The number of hydrogen-bond donors (Lipinski definition) is 2. The maximum absolute atomic E-state index is 12.2. The molecule has 0 aliphatic carbocycles.